The molecule has 0 spiro atoms. The monoisotopic (exact) mass is 397 g/mol. The zero-order valence-electron chi connectivity index (χ0n) is 16.1. The molecule has 1 aromatic carbocycles. The number of ether oxygens (including phenoxy) is 1. The topological polar surface area (TPSA) is 81.9 Å². The van der Waals surface area contributed by atoms with E-state index in [1.807, 2.05) is 54.8 Å². The summed E-state index contributed by atoms with van der Waals surface area (Å²) in [6, 6.07) is 11.9. The van der Waals surface area contributed by atoms with E-state index in [4.69, 9.17) is 4.74 Å². The Morgan fingerprint density at radius 2 is 1.89 bits per heavy atom. The van der Waals surface area contributed by atoms with Gasteiger partial charge in [0.1, 0.15) is 0 Å². The van der Waals surface area contributed by atoms with Gasteiger partial charge in [0, 0.05) is 36.8 Å². The summed E-state index contributed by atoms with van der Waals surface area (Å²) >= 11 is 1.35. The van der Waals surface area contributed by atoms with Crippen LogP contribution in [0.1, 0.15) is 12.5 Å². The van der Waals surface area contributed by atoms with Crippen molar-refractivity contribution in [3.05, 3.63) is 54.4 Å². The molecule has 0 aliphatic rings. The molecular weight excluding hydrogens is 374 g/mol. The second-order valence-corrected chi connectivity index (χ2v) is 7.37. The van der Waals surface area contributed by atoms with Gasteiger partial charge in [-0.1, -0.05) is 29.5 Å². The summed E-state index contributed by atoms with van der Waals surface area (Å²) in [5.74, 6) is 0.884. The second-order valence-electron chi connectivity index (χ2n) is 6.43. The minimum Gasteiger partial charge on any atom is -0.383 e. The minimum atomic E-state index is -0.0709. The number of methoxy groups -OCH3 is 1. The number of aromatic nitrogens is 4. The third-order valence-electron chi connectivity index (χ3n) is 4.02. The number of benzene rings is 1. The van der Waals surface area contributed by atoms with Crippen molar-refractivity contribution in [3.63, 3.8) is 0 Å². The van der Waals surface area contributed by atoms with Gasteiger partial charge in [-0.2, -0.15) is 0 Å². The van der Waals surface area contributed by atoms with Crippen LogP contribution in [0.4, 0.5) is 0 Å². The Labute approximate surface area is 168 Å². The number of amides is 1. The molecule has 146 valence electrons. The molecule has 2 heterocycles. The van der Waals surface area contributed by atoms with Crippen molar-refractivity contribution in [1.29, 1.82) is 0 Å². The predicted molar refractivity (Wildman–Crippen MR) is 110 cm³/mol. The van der Waals surface area contributed by atoms with Crippen molar-refractivity contribution < 1.29 is 9.53 Å². The zero-order chi connectivity index (χ0) is 19.9. The van der Waals surface area contributed by atoms with E-state index in [2.05, 4.69) is 20.5 Å². The van der Waals surface area contributed by atoms with Gasteiger partial charge in [-0.25, -0.2) is 0 Å². The van der Waals surface area contributed by atoms with Gasteiger partial charge in [0.15, 0.2) is 11.0 Å². The standard InChI is InChI=1S/C20H23N5O2S/c1-14-4-6-17(7-5-14)25-19(16-8-10-21-11-9-16)23-24-20(25)28-13-18(26)22-15(2)12-27-3/h4-11,15H,12-13H2,1-3H3,(H,22,26). The Morgan fingerprint density at radius 3 is 2.57 bits per heavy atom. The Hall–Kier alpha value is -2.71. The zero-order valence-corrected chi connectivity index (χ0v) is 16.9. The number of rotatable bonds is 8. The fourth-order valence-electron chi connectivity index (χ4n) is 2.72. The number of nitrogens with one attached hydrogen (secondary N) is 1. The molecule has 0 radical (unpaired) electrons. The molecule has 1 amide bonds. The lowest BCUT2D eigenvalue weighted by Gasteiger charge is -2.13. The van der Waals surface area contributed by atoms with Gasteiger partial charge in [-0.3, -0.25) is 14.3 Å². The first-order valence-corrected chi connectivity index (χ1v) is 9.91. The van der Waals surface area contributed by atoms with Crippen LogP contribution in [-0.2, 0) is 9.53 Å². The Morgan fingerprint density at radius 1 is 1.18 bits per heavy atom. The third-order valence-corrected chi connectivity index (χ3v) is 4.95. The minimum absolute atomic E-state index is 0.0413. The van der Waals surface area contributed by atoms with Crippen molar-refractivity contribution in [2.24, 2.45) is 0 Å². The van der Waals surface area contributed by atoms with Crippen LogP contribution in [0.25, 0.3) is 17.1 Å². The first-order valence-electron chi connectivity index (χ1n) is 8.92. The molecule has 8 heteroatoms. The summed E-state index contributed by atoms with van der Waals surface area (Å²) in [6.07, 6.45) is 3.45. The van der Waals surface area contributed by atoms with Crippen molar-refractivity contribution in [1.82, 2.24) is 25.1 Å². The number of hydrogen-bond donors (Lipinski definition) is 1. The Bertz CT molecular complexity index is 912. The first-order chi connectivity index (χ1) is 13.6. The molecule has 7 nitrogen and oxygen atoms in total. The van der Waals surface area contributed by atoms with Crippen molar-refractivity contribution >= 4 is 17.7 Å². The molecule has 0 aliphatic heterocycles. The Kier molecular flexibility index (Phi) is 6.78. The second kappa shape index (κ2) is 9.48. The Balaban J connectivity index is 1.86. The number of carbonyl (C=O) groups excluding carboxylic acids is 1. The highest BCUT2D eigenvalue weighted by Crippen LogP contribution is 2.27. The van der Waals surface area contributed by atoms with Gasteiger partial charge in [0.2, 0.25) is 5.91 Å². The molecule has 2 aromatic heterocycles. The molecule has 0 bridgehead atoms. The normalized spacial score (nSPS) is 12.0. The van der Waals surface area contributed by atoms with E-state index in [0.29, 0.717) is 17.6 Å². The van der Waals surface area contributed by atoms with E-state index in [9.17, 15) is 4.79 Å². The maximum atomic E-state index is 12.2. The quantitative estimate of drug-likeness (QED) is 0.589. The van der Waals surface area contributed by atoms with E-state index in [0.717, 1.165) is 11.3 Å². The fourth-order valence-corrected chi connectivity index (χ4v) is 3.48. The maximum absolute atomic E-state index is 12.2. The molecule has 0 saturated heterocycles. The lowest BCUT2D eigenvalue weighted by Crippen LogP contribution is -2.36. The SMILES string of the molecule is COCC(C)NC(=O)CSc1nnc(-c2ccncc2)n1-c1ccc(C)cc1. The number of pyridine rings is 1. The van der Waals surface area contributed by atoms with Gasteiger partial charge in [-0.15, -0.1) is 10.2 Å². The lowest BCUT2D eigenvalue weighted by atomic mass is 10.2. The van der Waals surface area contributed by atoms with E-state index < -0.39 is 0 Å². The maximum Gasteiger partial charge on any atom is 0.230 e. The van der Waals surface area contributed by atoms with Crippen LogP contribution in [0.3, 0.4) is 0 Å². The fraction of sp³-hybridized carbons (Fsp3) is 0.300. The van der Waals surface area contributed by atoms with Crippen LogP contribution < -0.4 is 5.32 Å². The number of thioether (sulfide) groups is 1. The highest BCUT2D eigenvalue weighted by atomic mass is 32.2. The number of carbonyl (C=O) groups is 1. The van der Waals surface area contributed by atoms with Crippen LogP contribution in [0, 0.1) is 6.92 Å². The van der Waals surface area contributed by atoms with Crippen molar-refractivity contribution in [2.45, 2.75) is 25.0 Å². The molecule has 0 aliphatic carbocycles. The summed E-state index contributed by atoms with van der Waals surface area (Å²) in [6.45, 7) is 4.42. The van der Waals surface area contributed by atoms with Gasteiger partial charge >= 0.3 is 0 Å². The number of hydrogen-bond acceptors (Lipinski definition) is 6. The molecular formula is C20H23N5O2S. The summed E-state index contributed by atoms with van der Waals surface area (Å²) in [4.78, 5) is 16.3. The van der Waals surface area contributed by atoms with Gasteiger partial charge in [-0.05, 0) is 38.1 Å². The smallest absolute Gasteiger partial charge is 0.230 e. The van der Waals surface area contributed by atoms with E-state index in [1.165, 1.54) is 17.3 Å². The van der Waals surface area contributed by atoms with Gasteiger partial charge in [0.05, 0.1) is 12.4 Å². The van der Waals surface area contributed by atoms with Gasteiger partial charge < -0.3 is 10.1 Å². The largest absolute Gasteiger partial charge is 0.383 e. The molecule has 28 heavy (non-hydrogen) atoms. The van der Waals surface area contributed by atoms with Crippen LogP contribution in [0.15, 0.2) is 53.9 Å². The van der Waals surface area contributed by atoms with Gasteiger partial charge in [0.25, 0.3) is 0 Å². The third kappa shape index (κ3) is 4.96. The highest BCUT2D eigenvalue weighted by molar-refractivity contribution is 7.99. The van der Waals surface area contributed by atoms with E-state index in [-0.39, 0.29) is 17.7 Å². The van der Waals surface area contributed by atoms with Crippen LogP contribution in [-0.4, -0.2) is 51.2 Å². The summed E-state index contributed by atoms with van der Waals surface area (Å²) in [5.41, 5.74) is 3.02. The number of nitrogens with zero attached hydrogens (tertiary/aromatic N) is 4. The summed E-state index contributed by atoms with van der Waals surface area (Å²) < 4.78 is 7.02. The average Bonchev–Trinajstić information content (AvgIpc) is 3.12. The molecule has 3 rings (SSSR count). The van der Waals surface area contributed by atoms with Crippen molar-refractivity contribution in [3.8, 4) is 17.1 Å². The molecule has 1 N–H and O–H groups in total. The van der Waals surface area contributed by atoms with Crippen LogP contribution in [0.2, 0.25) is 0 Å². The molecule has 0 fully saturated rings. The molecule has 0 saturated carbocycles. The summed E-state index contributed by atoms with van der Waals surface area (Å²) in [5, 5.41) is 12.3. The van der Waals surface area contributed by atoms with Crippen LogP contribution >= 0.6 is 11.8 Å². The first kappa shape index (κ1) is 20.0. The van der Waals surface area contributed by atoms with E-state index in [1.54, 1.807) is 19.5 Å². The molecule has 3 aromatic rings. The van der Waals surface area contributed by atoms with Crippen LogP contribution in [0.5, 0.6) is 0 Å². The van der Waals surface area contributed by atoms with Crippen molar-refractivity contribution in [2.75, 3.05) is 19.5 Å². The molecule has 1 unspecified atom stereocenters. The highest BCUT2D eigenvalue weighted by Gasteiger charge is 2.17. The average molecular weight is 398 g/mol. The van der Waals surface area contributed by atoms with E-state index >= 15 is 0 Å². The lowest BCUT2D eigenvalue weighted by molar-refractivity contribution is -0.119. The number of aryl methyl sites for hydroxylation is 1. The molecule has 1 atom stereocenters. The summed E-state index contributed by atoms with van der Waals surface area (Å²) in [7, 11) is 1.61. The predicted octanol–water partition coefficient (Wildman–Crippen LogP) is 2.88.